The summed E-state index contributed by atoms with van der Waals surface area (Å²) in [5.41, 5.74) is 0. The SMILES string of the molecule is N#CC1CCCCN1C(=O)COc1ccccc1. The molecule has 0 bridgehead atoms. The van der Waals surface area contributed by atoms with Crippen LogP contribution in [0.15, 0.2) is 30.3 Å². The normalized spacial score (nSPS) is 19.1. The van der Waals surface area contributed by atoms with E-state index in [2.05, 4.69) is 6.07 Å². The summed E-state index contributed by atoms with van der Waals surface area (Å²) < 4.78 is 5.41. The van der Waals surface area contributed by atoms with Gasteiger partial charge in [-0.05, 0) is 31.4 Å². The van der Waals surface area contributed by atoms with Gasteiger partial charge in [-0.15, -0.1) is 0 Å². The summed E-state index contributed by atoms with van der Waals surface area (Å²) >= 11 is 0. The fraction of sp³-hybridized carbons (Fsp3) is 0.429. The number of piperidine rings is 1. The zero-order chi connectivity index (χ0) is 12.8. The number of benzene rings is 1. The van der Waals surface area contributed by atoms with Crippen molar-refractivity contribution in [2.75, 3.05) is 13.2 Å². The van der Waals surface area contributed by atoms with Gasteiger partial charge in [0.05, 0.1) is 6.07 Å². The average Bonchev–Trinajstić information content (AvgIpc) is 2.45. The Bertz CT molecular complexity index is 439. The fourth-order valence-corrected chi connectivity index (χ4v) is 2.11. The lowest BCUT2D eigenvalue weighted by Gasteiger charge is -2.31. The highest BCUT2D eigenvalue weighted by Gasteiger charge is 2.26. The van der Waals surface area contributed by atoms with Crippen molar-refractivity contribution in [2.45, 2.75) is 25.3 Å². The zero-order valence-corrected chi connectivity index (χ0v) is 10.2. The first kappa shape index (κ1) is 12.4. The molecule has 0 saturated carbocycles. The van der Waals surface area contributed by atoms with Crippen LogP contribution in [0.4, 0.5) is 0 Å². The molecule has 18 heavy (non-hydrogen) atoms. The Labute approximate surface area is 107 Å². The van der Waals surface area contributed by atoms with Crippen molar-refractivity contribution in [3.05, 3.63) is 30.3 Å². The summed E-state index contributed by atoms with van der Waals surface area (Å²) in [6.07, 6.45) is 2.75. The Balaban J connectivity index is 1.89. The Morgan fingerprint density at radius 3 is 2.89 bits per heavy atom. The van der Waals surface area contributed by atoms with Crippen molar-refractivity contribution in [3.63, 3.8) is 0 Å². The number of nitrogens with zero attached hydrogens (tertiary/aromatic N) is 2. The minimum absolute atomic E-state index is 0.00218. The molecule has 1 aliphatic rings. The number of para-hydroxylation sites is 1. The van der Waals surface area contributed by atoms with Crippen LogP contribution in [0.3, 0.4) is 0 Å². The van der Waals surface area contributed by atoms with Crippen LogP contribution < -0.4 is 4.74 Å². The van der Waals surface area contributed by atoms with Crippen molar-refractivity contribution in [3.8, 4) is 11.8 Å². The highest BCUT2D eigenvalue weighted by molar-refractivity contribution is 5.78. The first-order valence-corrected chi connectivity index (χ1v) is 6.18. The van der Waals surface area contributed by atoms with Crippen molar-refractivity contribution in [1.82, 2.24) is 4.90 Å². The molecule has 0 N–H and O–H groups in total. The van der Waals surface area contributed by atoms with Gasteiger partial charge in [0.25, 0.3) is 5.91 Å². The van der Waals surface area contributed by atoms with E-state index in [1.807, 2.05) is 30.3 Å². The van der Waals surface area contributed by atoms with Crippen LogP contribution in [0, 0.1) is 11.3 Å². The second kappa shape index (κ2) is 6.06. The molecule has 1 amide bonds. The van der Waals surface area contributed by atoms with Gasteiger partial charge in [0, 0.05) is 6.54 Å². The van der Waals surface area contributed by atoms with Crippen molar-refractivity contribution >= 4 is 5.91 Å². The maximum atomic E-state index is 12.0. The quantitative estimate of drug-likeness (QED) is 0.816. The number of ether oxygens (including phenoxy) is 1. The zero-order valence-electron chi connectivity index (χ0n) is 10.2. The number of hydrogen-bond acceptors (Lipinski definition) is 3. The first-order valence-electron chi connectivity index (χ1n) is 6.18. The lowest BCUT2D eigenvalue weighted by atomic mass is 10.0. The summed E-state index contributed by atoms with van der Waals surface area (Å²) in [7, 11) is 0. The number of rotatable bonds is 3. The summed E-state index contributed by atoms with van der Waals surface area (Å²) in [5, 5.41) is 9.01. The smallest absolute Gasteiger partial charge is 0.261 e. The molecule has 1 aromatic rings. The molecule has 0 aliphatic carbocycles. The third-order valence-corrected chi connectivity index (χ3v) is 3.08. The molecule has 1 aromatic carbocycles. The van der Waals surface area contributed by atoms with Gasteiger partial charge >= 0.3 is 0 Å². The maximum absolute atomic E-state index is 12.0. The third kappa shape index (κ3) is 3.01. The Morgan fingerprint density at radius 2 is 2.17 bits per heavy atom. The van der Waals surface area contributed by atoms with E-state index < -0.39 is 0 Å². The molecule has 1 unspecified atom stereocenters. The van der Waals surface area contributed by atoms with E-state index in [-0.39, 0.29) is 18.6 Å². The minimum Gasteiger partial charge on any atom is -0.484 e. The molecule has 0 radical (unpaired) electrons. The molecular weight excluding hydrogens is 228 g/mol. The van der Waals surface area contributed by atoms with Crippen LogP contribution in [-0.2, 0) is 4.79 Å². The van der Waals surface area contributed by atoms with E-state index in [0.717, 1.165) is 19.3 Å². The van der Waals surface area contributed by atoms with Crippen molar-refractivity contribution < 1.29 is 9.53 Å². The van der Waals surface area contributed by atoms with E-state index in [9.17, 15) is 4.79 Å². The van der Waals surface area contributed by atoms with E-state index in [4.69, 9.17) is 10.00 Å². The van der Waals surface area contributed by atoms with E-state index in [1.54, 1.807) is 4.90 Å². The van der Waals surface area contributed by atoms with Crippen molar-refractivity contribution in [1.29, 1.82) is 5.26 Å². The molecule has 4 nitrogen and oxygen atoms in total. The molecule has 94 valence electrons. The predicted molar refractivity (Wildman–Crippen MR) is 66.9 cm³/mol. The number of amides is 1. The first-order chi connectivity index (χ1) is 8.81. The minimum atomic E-state index is -0.286. The Kier molecular flexibility index (Phi) is 4.19. The highest BCUT2D eigenvalue weighted by atomic mass is 16.5. The lowest BCUT2D eigenvalue weighted by molar-refractivity contribution is -0.135. The Hall–Kier alpha value is -2.02. The number of hydrogen-bond donors (Lipinski definition) is 0. The van der Waals surface area contributed by atoms with Gasteiger partial charge in [-0.1, -0.05) is 18.2 Å². The van der Waals surface area contributed by atoms with Gasteiger partial charge in [-0.3, -0.25) is 4.79 Å². The van der Waals surface area contributed by atoms with Crippen LogP contribution in [0.1, 0.15) is 19.3 Å². The summed E-state index contributed by atoms with van der Waals surface area (Å²) in [5.74, 6) is 0.571. The number of likely N-dealkylation sites (tertiary alicyclic amines) is 1. The molecular formula is C14H16N2O2. The van der Waals surface area contributed by atoms with Crippen molar-refractivity contribution in [2.24, 2.45) is 0 Å². The van der Waals surface area contributed by atoms with Gasteiger partial charge in [-0.2, -0.15) is 5.26 Å². The topological polar surface area (TPSA) is 53.3 Å². The van der Waals surface area contributed by atoms with Crippen LogP contribution >= 0.6 is 0 Å². The fourth-order valence-electron chi connectivity index (χ4n) is 2.11. The van der Waals surface area contributed by atoms with Gasteiger partial charge in [-0.25, -0.2) is 0 Å². The largest absolute Gasteiger partial charge is 0.484 e. The second-order valence-corrected chi connectivity index (χ2v) is 4.33. The van der Waals surface area contributed by atoms with Gasteiger partial charge in [0.1, 0.15) is 11.8 Å². The molecule has 1 saturated heterocycles. The van der Waals surface area contributed by atoms with Crippen LogP contribution in [0.5, 0.6) is 5.75 Å². The molecule has 0 spiro atoms. The highest BCUT2D eigenvalue weighted by Crippen LogP contribution is 2.17. The molecule has 1 fully saturated rings. The number of nitriles is 1. The number of carbonyl (C=O) groups is 1. The third-order valence-electron chi connectivity index (χ3n) is 3.08. The van der Waals surface area contributed by atoms with E-state index >= 15 is 0 Å². The van der Waals surface area contributed by atoms with E-state index in [0.29, 0.717) is 12.3 Å². The van der Waals surface area contributed by atoms with Crippen LogP contribution in [-0.4, -0.2) is 30.0 Å². The molecule has 1 heterocycles. The summed E-state index contributed by atoms with van der Waals surface area (Å²) in [6, 6.07) is 11.1. The second-order valence-electron chi connectivity index (χ2n) is 4.33. The van der Waals surface area contributed by atoms with Crippen LogP contribution in [0.25, 0.3) is 0 Å². The van der Waals surface area contributed by atoms with Crippen LogP contribution in [0.2, 0.25) is 0 Å². The maximum Gasteiger partial charge on any atom is 0.261 e. The summed E-state index contributed by atoms with van der Waals surface area (Å²) in [4.78, 5) is 13.6. The molecule has 4 heteroatoms. The Morgan fingerprint density at radius 1 is 1.39 bits per heavy atom. The summed E-state index contributed by atoms with van der Waals surface area (Å²) in [6.45, 7) is 0.664. The monoisotopic (exact) mass is 244 g/mol. The molecule has 1 aliphatic heterocycles. The molecule has 0 aromatic heterocycles. The number of carbonyl (C=O) groups excluding carboxylic acids is 1. The van der Waals surface area contributed by atoms with Gasteiger partial charge in [0.2, 0.25) is 0 Å². The lowest BCUT2D eigenvalue weighted by Crippen LogP contribution is -2.45. The predicted octanol–water partition coefficient (Wildman–Crippen LogP) is 1.97. The van der Waals surface area contributed by atoms with Gasteiger partial charge in [0.15, 0.2) is 6.61 Å². The average molecular weight is 244 g/mol. The standard InChI is InChI=1S/C14H16N2O2/c15-10-12-6-4-5-9-16(12)14(17)11-18-13-7-2-1-3-8-13/h1-3,7-8,12H,4-6,9,11H2. The van der Waals surface area contributed by atoms with Gasteiger partial charge < -0.3 is 9.64 Å². The molecule has 1 atom stereocenters. The molecule has 2 rings (SSSR count). The van der Waals surface area contributed by atoms with E-state index in [1.165, 1.54) is 0 Å².